The first-order valence-corrected chi connectivity index (χ1v) is 6.26. The number of hydrogen-bond donors (Lipinski definition) is 1. The van der Waals surface area contributed by atoms with Crippen LogP contribution in [0.2, 0.25) is 0 Å². The second-order valence-electron chi connectivity index (χ2n) is 5.58. The van der Waals surface area contributed by atoms with E-state index in [1.807, 2.05) is 19.1 Å². The summed E-state index contributed by atoms with van der Waals surface area (Å²) in [6.07, 6.45) is -0.320. The maximum Gasteiger partial charge on any atom is 0.344 e. The maximum atomic E-state index is 10.9. The third kappa shape index (κ3) is 3.49. The van der Waals surface area contributed by atoms with Crippen LogP contribution in [-0.4, -0.2) is 17.2 Å². The van der Waals surface area contributed by atoms with Gasteiger partial charge in [-0.15, -0.1) is 0 Å². The summed E-state index contributed by atoms with van der Waals surface area (Å²) in [5, 5.41) is 8.98. The highest BCUT2D eigenvalue weighted by Crippen LogP contribution is 2.28. The molecule has 0 spiro atoms. The average Bonchev–Trinajstić information content (AvgIpc) is 2.25. The molecule has 3 nitrogen and oxygen atoms in total. The Hall–Kier alpha value is -1.51. The minimum Gasteiger partial charge on any atom is -0.479 e. The van der Waals surface area contributed by atoms with Crippen LogP contribution in [-0.2, 0) is 10.2 Å². The Bertz CT molecular complexity index is 430. The molecular formula is C15H22O3. The van der Waals surface area contributed by atoms with E-state index in [2.05, 4.69) is 26.8 Å². The molecular weight excluding hydrogens is 228 g/mol. The summed E-state index contributed by atoms with van der Waals surface area (Å²) in [5.74, 6) is -0.269. The fourth-order valence-electron chi connectivity index (χ4n) is 1.71. The van der Waals surface area contributed by atoms with Crippen molar-refractivity contribution >= 4 is 5.97 Å². The molecule has 0 aliphatic rings. The van der Waals surface area contributed by atoms with Crippen molar-refractivity contribution in [1.82, 2.24) is 0 Å². The quantitative estimate of drug-likeness (QED) is 0.889. The van der Waals surface area contributed by atoms with Gasteiger partial charge in [-0.3, -0.25) is 0 Å². The smallest absolute Gasteiger partial charge is 0.344 e. The Morgan fingerprint density at radius 3 is 2.39 bits per heavy atom. The Kier molecular flexibility index (Phi) is 4.38. The van der Waals surface area contributed by atoms with E-state index in [1.165, 1.54) is 5.56 Å². The number of carbonyl (C=O) groups is 1. The van der Waals surface area contributed by atoms with E-state index in [9.17, 15) is 4.79 Å². The molecule has 1 atom stereocenters. The van der Waals surface area contributed by atoms with Gasteiger partial charge < -0.3 is 9.84 Å². The van der Waals surface area contributed by atoms with Crippen molar-refractivity contribution in [2.45, 2.75) is 52.6 Å². The van der Waals surface area contributed by atoms with E-state index in [4.69, 9.17) is 9.84 Å². The van der Waals surface area contributed by atoms with Crippen LogP contribution < -0.4 is 4.74 Å². The van der Waals surface area contributed by atoms with Crippen LogP contribution in [0.5, 0.6) is 5.75 Å². The van der Waals surface area contributed by atoms with Crippen LogP contribution in [0.4, 0.5) is 0 Å². The molecule has 1 N–H and O–H groups in total. The lowest BCUT2D eigenvalue weighted by Crippen LogP contribution is -2.26. The van der Waals surface area contributed by atoms with Gasteiger partial charge in [-0.2, -0.15) is 0 Å². The van der Waals surface area contributed by atoms with E-state index < -0.39 is 12.1 Å². The Labute approximate surface area is 109 Å². The highest BCUT2D eigenvalue weighted by Gasteiger charge is 2.19. The summed E-state index contributed by atoms with van der Waals surface area (Å²) in [5.41, 5.74) is 2.28. The van der Waals surface area contributed by atoms with Gasteiger partial charge in [0.25, 0.3) is 0 Å². The van der Waals surface area contributed by atoms with E-state index in [0.29, 0.717) is 12.2 Å². The number of carboxylic acids is 1. The van der Waals surface area contributed by atoms with Crippen LogP contribution >= 0.6 is 0 Å². The molecule has 0 heterocycles. The second kappa shape index (κ2) is 5.42. The number of ether oxygens (including phenoxy) is 1. The van der Waals surface area contributed by atoms with Crippen molar-refractivity contribution in [3.05, 3.63) is 29.3 Å². The summed E-state index contributed by atoms with van der Waals surface area (Å²) in [6, 6.07) is 5.92. The Balaban J connectivity index is 2.96. The molecule has 18 heavy (non-hydrogen) atoms. The highest BCUT2D eigenvalue weighted by atomic mass is 16.5. The van der Waals surface area contributed by atoms with Crippen LogP contribution in [0.1, 0.15) is 45.2 Å². The summed E-state index contributed by atoms with van der Waals surface area (Å²) in [7, 11) is 0. The third-order valence-electron chi connectivity index (χ3n) is 2.96. The van der Waals surface area contributed by atoms with Gasteiger partial charge >= 0.3 is 5.97 Å². The van der Waals surface area contributed by atoms with Gasteiger partial charge in [-0.25, -0.2) is 4.79 Å². The summed E-state index contributed by atoms with van der Waals surface area (Å²) in [6.45, 7) is 10.2. The molecule has 100 valence electrons. The number of benzene rings is 1. The number of rotatable bonds is 4. The first-order chi connectivity index (χ1) is 8.25. The van der Waals surface area contributed by atoms with Crippen molar-refractivity contribution in [1.29, 1.82) is 0 Å². The van der Waals surface area contributed by atoms with Gasteiger partial charge in [0.2, 0.25) is 0 Å². The Morgan fingerprint density at radius 1 is 1.39 bits per heavy atom. The van der Waals surface area contributed by atoms with E-state index in [-0.39, 0.29) is 5.41 Å². The van der Waals surface area contributed by atoms with Crippen LogP contribution in [0.25, 0.3) is 0 Å². The van der Waals surface area contributed by atoms with Gasteiger partial charge in [0.1, 0.15) is 5.75 Å². The molecule has 0 aliphatic carbocycles. The predicted molar refractivity (Wildman–Crippen MR) is 72.2 cm³/mol. The van der Waals surface area contributed by atoms with Crippen molar-refractivity contribution in [3.63, 3.8) is 0 Å². The molecule has 0 fully saturated rings. The maximum absolute atomic E-state index is 10.9. The third-order valence-corrected chi connectivity index (χ3v) is 2.96. The fraction of sp³-hybridized carbons (Fsp3) is 0.533. The van der Waals surface area contributed by atoms with Crippen LogP contribution in [0.3, 0.4) is 0 Å². The predicted octanol–water partition coefficient (Wildman–Crippen LogP) is 3.53. The summed E-state index contributed by atoms with van der Waals surface area (Å²) in [4.78, 5) is 10.9. The molecule has 1 aromatic carbocycles. The molecule has 0 saturated heterocycles. The standard InChI is InChI=1S/C15H22O3/c1-6-12(14(16)17)18-13-8-7-11(9-10(13)2)15(3,4)5/h7-9,12H,6H2,1-5H3,(H,16,17). The van der Waals surface area contributed by atoms with Crippen LogP contribution in [0, 0.1) is 6.92 Å². The van der Waals surface area contributed by atoms with Crippen molar-refractivity contribution in [3.8, 4) is 5.75 Å². The minimum absolute atomic E-state index is 0.0836. The molecule has 0 saturated carbocycles. The first kappa shape index (κ1) is 14.6. The number of hydrogen-bond acceptors (Lipinski definition) is 2. The second-order valence-corrected chi connectivity index (χ2v) is 5.58. The zero-order valence-electron chi connectivity index (χ0n) is 11.8. The van der Waals surface area contributed by atoms with Gasteiger partial charge in [0.15, 0.2) is 6.10 Å². The number of aryl methyl sites for hydroxylation is 1. The molecule has 1 rings (SSSR count). The summed E-state index contributed by atoms with van der Waals surface area (Å²) >= 11 is 0. The first-order valence-electron chi connectivity index (χ1n) is 6.26. The van der Waals surface area contributed by atoms with E-state index >= 15 is 0 Å². The molecule has 1 aromatic rings. The molecule has 0 bridgehead atoms. The van der Waals surface area contributed by atoms with Crippen molar-refractivity contribution < 1.29 is 14.6 Å². The molecule has 0 aromatic heterocycles. The van der Waals surface area contributed by atoms with E-state index in [1.54, 1.807) is 6.92 Å². The molecule has 1 unspecified atom stereocenters. The topological polar surface area (TPSA) is 46.5 Å². The summed E-state index contributed by atoms with van der Waals surface area (Å²) < 4.78 is 5.52. The van der Waals surface area contributed by atoms with Gasteiger partial charge in [0, 0.05) is 0 Å². The van der Waals surface area contributed by atoms with Gasteiger partial charge in [0.05, 0.1) is 0 Å². The molecule has 0 radical (unpaired) electrons. The lowest BCUT2D eigenvalue weighted by molar-refractivity contribution is -0.145. The molecule has 3 heteroatoms. The lowest BCUT2D eigenvalue weighted by Gasteiger charge is -2.21. The zero-order valence-corrected chi connectivity index (χ0v) is 11.8. The number of aliphatic carboxylic acids is 1. The van der Waals surface area contributed by atoms with Gasteiger partial charge in [-0.05, 0) is 36.0 Å². The number of carboxylic acid groups (broad SMARTS) is 1. The van der Waals surface area contributed by atoms with Crippen molar-refractivity contribution in [2.75, 3.05) is 0 Å². The Morgan fingerprint density at radius 2 is 2.00 bits per heavy atom. The van der Waals surface area contributed by atoms with Crippen molar-refractivity contribution in [2.24, 2.45) is 0 Å². The largest absolute Gasteiger partial charge is 0.479 e. The molecule has 0 amide bonds. The van der Waals surface area contributed by atoms with Crippen LogP contribution in [0.15, 0.2) is 18.2 Å². The highest BCUT2D eigenvalue weighted by molar-refractivity contribution is 5.72. The molecule has 0 aliphatic heterocycles. The van der Waals surface area contributed by atoms with Gasteiger partial charge in [-0.1, -0.05) is 39.8 Å². The monoisotopic (exact) mass is 250 g/mol. The SMILES string of the molecule is CCC(Oc1ccc(C(C)(C)C)cc1C)C(=O)O. The fourth-order valence-corrected chi connectivity index (χ4v) is 1.71. The minimum atomic E-state index is -0.920. The van der Waals surface area contributed by atoms with E-state index in [0.717, 1.165) is 5.56 Å². The lowest BCUT2D eigenvalue weighted by atomic mass is 9.86. The normalized spacial score (nSPS) is 13.2. The zero-order chi connectivity index (χ0) is 13.9. The average molecular weight is 250 g/mol.